The number of anilines is 1. The van der Waals surface area contributed by atoms with Gasteiger partial charge in [-0.1, -0.05) is 38.0 Å². The smallest absolute Gasteiger partial charge is 0.336 e. The van der Waals surface area contributed by atoms with Crippen LogP contribution in [0.3, 0.4) is 0 Å². The maximum atomic E-state index is 14.6. The number of imide groups is 1. The summed E-state index contributed by atoms with van der Waals surface area (Å²) in [6.07, 6.45) is 1.74. The van der Waals surface area contributed by atoms with E-state index in [0.29, 0.717) is 24.3 Å². The summed E-state index contributed by atoms with van der Waals surface area (Å²) < 4.78 is 71.7. The third kappa shape index (κ3) is 7.55. The van der Waals surface area contributed by atoms with E-state index in [4.69, 9.17) is 20.4 Å². The maximum Gasteiger partial charge on any atom is 0.336 e. The monoisotopic (exact) mass is 756 g/mol. The highest BCUT2D eigenvalue weighted by Gasteiger charge is 2.35. The Labute approximate surface area is 298 Å². The first-order valence-corrected chi connectivity index (χ1v) is 19.2. The zero-order valence-corrected chi connectivity index (χ0v) is 29.6. The maximum absolute atomic E-state index is 14.6. The summed E-state index contributed by atoms with van der Waals surface area (Å²) in [5, 5.41) is 18.2. The van der Waals surface area contributed by atoms with Crippen LogP contribution in [0, 0.1) is 5.41 Å². The number of sulfonamides is 1. The fraction of sp³-hybridized carbons (Fsp3) is 0.324. The van der Waals surface area contributed by atoms with Crippen LogP contribution >= 0.6 is 0 Å². The summed E-state index contributed by atoms with van der Waals surface area (Å²) in [6.45, 7) is 1.87. The Hall–Kier alpha value is -5.17. The number of amides is 2. The largest absolute Gasteiger partial charge is 0.478 e. The summed E-state index contributed by atoms with van der Waals surface area (Å²) in [7, 11) is -9.68. The third-order valence-electron chi connectivity index (χ3n) is 8.53. The number of benzene rings is 3. The quantitative estimate of drug-likeness (QED) is 0.0437. The molecule has 2 aromatic rings. The molecule has 0 bridgehead atoms. The molecule has 1 fully saturated rings. The summed E-state index contributed by atoms with van der Waals surface area (Å²) in [4.78, 5) is 51.4. The number of hydrogen-bond acceptors (Lipinski definition) is 12. The SMILES string of the molecule is CCCCN(CCCCCC(=O)ON1C(=O)CCC1=O)S(=O)(=O)c1c(N)ccc2c(-c3ccccc3C(=O)O)c3ccc(=N)c(S(=O)(=O)O)c-3oc12. The lowest BCUT2D eigenvalue weighted by Crippen LogP contribution is -2.34. The number of nitrogen functional groups attached to an aromatic ring is 1. The molecule has 5 N–H and O–H groups in total. The molecule has 0 spiro atoms. The first-order valence-electron chi connectivity index (χ1n) is 16.3. The normalized spacial score (nSPS) is 13.8. The van der Waals surface area contributed by atoms with Crippen LogP contribution in [-0.2, 0) is 39.4 Å². The minimum absolute atomic E-state index is 0.0160. The van der Waals surface area contributed by atoms with Crippen molar-refractivity contribution < 1.29 is 54.9 Å². The molecule has 0 radical (unpaired) electrons. The number of rotatable bonds is 15. The molecule has 16 nitrogen and oxygen atoms in total. The van der Waals surface area contributed by atoms with Crippen molar-refractivity contribution in [1.82, 2.24) is 9.37 Å². The van der Waals surface area contributed by atoms with Gasteiger partial charge in [-0.25, -0.2) is 18.0 Å². The van der Waals surface area contributed by atoms with Crippen molar-refractivity contribution in [2.75, 3.05) is 18.8 Å². The molecule has 2 aliphatic heterocycles. The number of aromatic carboxylic acids is 1. The van der Waals surface area contributed by atoms with Crippen molar-refractivity contribution in [2.45, 2.75) is 68.1 Å². The number of carbonyl (C=O) groups is 4. The lowest BCUT2D eigenvalue weighted by atomic mass is 9.90. The van der Waals surface area contributed by atoms with Gasteiger partial charge in [0.05, 0.1) is 16.6 Å². The van der Waals surface area contributed by atoms with Crippen molar-refractivity contribution in [3.63, 3.8) is 0 Å². The van der Waals surface area contributed by atoms with Gasteiger partial charge in [0.15, 0.2) is 16.2 Å². The van der Waals surface area contributed by atoms with Crippen LogP contribution in [0.25, 0.3) is 33.4 Å². The van der Waals surface area contributed by atoms with Crippen LogP contribution in [0.15, 0.2) is 62.7 Å². The Morgan fingerprint density at radius 3 is 2.25 bits per heavy atom. The number of hydroxylamine groups is 2. The van der Waals surface area contributed by atoms with Crippen molar-refractivity contribution in [3.05, 3.63) is 59.5 Å². The van der Waals surface area contributed by atoms with Crippen LogP contribution in [-0.4, -0.2) is 72.7 Å². The Morgan fingerprint density at radius 1 is 0.923 bits per heavy atom. The second-order valence-electron chi connectivity index (χ2n) is 12.1. The Bertz CT molecular complexity index is 2320. The van der Waals surface area contributed by atoms with E-state index in [1.165, 1.54) is 40.7 Å². The molecule has 1 saturated heterocycles. The van der Waals surface area contributed by atoms with Crippen LogP contribution in [0.5, 0.6) is 0 Å². The van der Waals surface area contributed by atoms with Crippen LogP contribution in [0.2, 0.25) is 0 Å². The second kappa shape index (κ2) is 15.2. The molecule has 52 heavy (non-hydrogen) atoms. The standard InChI is InChI=1S/C34H36N4O12S2/c1-2-3-18-37(19-8-4-5-11-28(41)50-38-26(39)16-17-27(38)40)51(44,45)32-24(35)14-12-22-29(20-9-6-7-10-21(20)34(42)43)23-13-15-25(36)33(52(46,47)48)31(23)49-30(22)32/h6-7,9-10,12-15,36H,2-5,8,11,16-19,35H2,1H3,(H,42,43)(H,46,47,48). The zero-order valence-electron chi connectivity index (χ0n) is 28.0. The second-order valence-corrected chi connectivity index (χ2v) is 15.3. The molecule has 18 heteroatoms. The lowest BCUT2D eigenvalue weighted by molar-refractivity contribution is -0.197. The van der Waals surface area contributed by atoms with Gasteiger partial charge < -0.3 is 20.1 Å². The highest BCUT2D eigenvalue weighted by molar-refractivity contribution is 7.89. The average molecular weight is 757 g/mol. The molecule has 276 valence electrons. The van der Waals surface area contributed by atoms with Crippen LogP contribution in [0.1, 0.15) is 68.6 Å². The number of carboxylic acids is 1. The summed E-state index contributed by atoms with van der Waals surface area (Å²) in [5.41, 5.74) is 5.57. The van der Waals surface area contributed by atoms with Gasteiger partial charge in [0.1, 0.15) is 4.90 Å². The molecule has 0 aromatic heterocycles. The van der Waals surface area contributed by atoms with Crippen molar-refractivity contribution in [2.24, 2.45) is 0 Å². The number of unbranched alkanes of at least 4 members (excludes halogenated alkanes) is 3. The van der Waals surface area contributed by atoms with Gasteiger partial charge in [0, 0.05) is 48.9 Å². The van der Waals surface area contributed by atoms with E-state index >= 15 is 0 Å². The van der Waals surface area contributed by atoms with Gasteiger partial charge in [-0.05, 0) is 55.2 Å². The van der Waals surface area contributed by atoms with E-state index in [9.17, 15) is 45.7 Å². The molecule has 0 saturated carbocycles. The van der Waals surface area contributed by atoms with E-state index in [2.05, 4.69) is 0 Å². The molecule has 5 rings (SSSR count). The number of carbonyl (C=O) groups excluding carboxylic acids is 3. The number of nitrogens with two attached hydrogens (primary N) is 1. The first kappa shape index (κ1) is 38.1. The van der Waals surface area contributed by atoms with Crippen LogP contribution < -0.4 is 11.1 Å². The summed E-state index contributed by atoms with van der Waals surface area (Å²) in [6, 6.07) is 10.9. The molecular formula is C34H36N4O12S2. The molecule has 2 amide bonds. The van der Waals surface area contributed by atoms with Gasteiger partial charge in [-0.3, -0.25) is 19.6 Å². The van der Waals surface area contributed by atoms with E-state index < -0.39 is 70.4 Å². The van der Waals surface area contributed by atoms with Crippen LogP contribution in [0.4, 0.5) is 5.69 Å². The van der Waals surface area contributed by atoms with Gasteiger partial charge >= 0.3 is 11.9 Å². The van der Waals surface area contributed by atoms with Gasteiger partial charge in [0.25, 0.3) is 21.9 Å². The third-order valence-corrected chi connectivity index (χ3v) is 11.4. The van der Waals surface area contributed by atoms with Crippen molar-refractivity contribution in [3.8, 4) is 22.5 Å². The minimum Gasteiger partial charge on any atom is -0.478 e. The van der Waals surface area contributed by atoms with Gasteiger partial charge in [-0.2, -0.15) is 12.7 Å². The Morgan fingerprint density at radius 2 is 1.60 bits per heavy atom. The topological polar surface area (TPSA) is 256 Å². The fourth-order valence-electron chi connectivity index (χ4n) is 6.04. The molecule has 3 aliphatic rings. The number of fused-ring (bicyclic) bond motifs is 2. The van der Waals surface area contributed by atoms with Crippen molar-refractivity contribution >= 4 is 60.6 Å². The Kier molecular flexibility index (Phi) is 11.1. The van der Waals surface area contributed by atoms with Crippen molar-refractivity contribution in [1.29, 1.82) is 5.41 Å². The predicted molar refractivity (Wildman–Crippen MR) is 185 cm³/mol. The average Bonchev–Trinajstić information content (AvgIpc) is 3.39. The van der Waals surface area contributed by atoms with E-state index in [1.54, 1.807) is 6.07 Å². The number of hydrogen-bond donors (Lipinski definition) is 4. The highest BCUT2D eigenvalue weighted by Crippen LogP contribution is 2.46. The molecule has 0 unspecified atom stereocenters. The van der Waals surface area contributed by atoms with Gasteiger partial charge in [0.2, 0.25) is 10.0 Å². The van der Waals surface area contributed by atoms with E-state index in [0.717, 1.165) is 6.07 Å². The highest BCUT2D eigenvalue weighted by atomic mass is 32.2. The van der Waals surface area contributed by atoms with Gasteiger partial charge in [-0.15, -0.1) is 5.06 Å². The summed E-state index contributed by atoms with van der Waals surface area (Å²) >= 11 is 0. The zero-order chi connectivity index (χ0) is 38.0. The molecular weight excluding hydrogens is 721 g/mol. The molecule has 2 aromatic carbocycles. The fourth-order valence-corrected chi connectivity index (χ4v) is 8.52. The number of nitrogens with one attached hydrogen (secondary N) is 1. The summed E-state index contributed by atoms with van der Waals surface area (Å²) in [5.74, 6) is -3.89. The Balaban J connectivity index is 1.58. The number of carboxylic acid groups (broad SMARTS) is 1. The molecule has 2 heterocycles. The van der Waals surface area contributed by atoms with E-state index in [1.807, 2.05) is 6.92 Å². The molecule has 1 aliphatic carbocycles. The van der Waals surface area contributed by atoms with E-state index in [-0.39, 0.29) is 78.5 Å². The minimum atomic E-state index is -5.13. The lowest BCUT2D eigenvalue weighted by Gasteiger charge is -2.25. The number of nitrogens with zero attached hydrogens (tertiary/aromatic N) is 2. The molecule has 0 atom stereocenters. The predicted octanol–water partition coefficient (Wildman–Crippen LogP) is 4.17. The first-order chi connectivity index (χ1) is 24.6.